The lowest BCUT2D eigenvalue weighted by molar-refractivity contribution is -0.138. The number of anilines is 1. The number of hydrogen-bond donors (Lipinski definition) is 2. The second kappa shape index (κ2) is 10.4. The number of piperidine rings is 1. The predicted octanol–water partition coefficient (Wildman–Crippen LogP) is 4.00. The first-order chi connectivity index (χ1) is 17.6. The topological polar surface area (TPSA) is 117 Å². The Kier molecular flexibility index (Phi) is 7.53. The zero-order valence-electron chi connectivity index (χ0n) is 21.8. The third-order valence-corrected chi connectivity index (χ3v) is 12.4. The minimum absolute atomic E-state index is 0.0153. The van der Waals surface area contributed by atoms with E-state index in [1.165, 1.54) is 6.26 Å². The molecule has 37 heavy (non-hydrogen) atoms. The van der Waals surface area contributed by atoms with Crippen LogP contribution in [0.15, 0.2) is 17.2 Å². The van der Waals surface area contributed by atoms with E-state index < -0.39 is 20.6 Å². The van der Waals surface area contributed by atoms with Crippen molar-refractivity contribution in [2.45, 2.75) is 80.5 Å². The summed E-state index contributed by atoms with van der Waals surface area (Å²) in [5, 5.41) is 13.3. The van der Waals surface area contributed by atoms with E-state index in [4.69, 9.17) is 4.98 Å². The van der Waals surface area contributed by atoms with Gasteiger partial charge in [0.2, 0.25) is 0 Å². The zero-order valence-corrected chi connectivity index (χ0v) is 23.5. The first kappa shape index (κ1) is 26.8. The SMILES string of the molecule is CCCSc1nc(N2CCC[C@@H](CC(=O)O)C2)ccc1C(=O)N[C@H]1C2CC3CC1C[C@@](S(C)(=O)=O)(C3)C2. The Balaban J connectivity index is 1.33. The maximum absolute atomic E-state index is 13.6. The summed E-state index contributed by atoms with van der Waals surface area (Å²) < 4.78 is 24.8. The number of aliphatic carboxylic acids is 1. The summed E-state index contributed by atoms with van der Waals surface area (Å²) in [5.41, 5.74) is 0.577. The van der Waals surface area contributed by atoms with Crippen LogP contribution >= 0.6 is 11.8 Å². The fraction of sp³-hybridized carbons (Fsp3) is 0.741. The number of carboxylic acids is 1. The van der Waals surface area contributed by atoms with Gasteiger partial charge < -0.3 is 15.3 Å². The van der Waals surface area contributed by atoms with Crippen LogP contribution in [0.2, 0.25) is 0 Å². The van der Waals surface area contributed by atoms with Gasteiger partial charge in [0.25, 0.3) is 5.91 Å². The van der Waals surface area contributed by atoms with Gasteiger partial charge in [0.1, 0.15) is 10.8 Å². The molecular weight excluding hydrogens is 510 g/mol. The minimum Gasteiger partial charge on any atom is -0.481 e. The lowest BCUT2D eigenvalue weighted by Crippen LogP contribution is -2.63. The second-order valence-corrected chi connectivity index (χ2v) is 15.3. The quantitative estimate of drug-likeness (QED) is 0.444. The van der Waals surface area contributed by atoms with Crippen LogP contribution in [0.4, 0.5) is 5.82 Å². The highest BCUT2D eigenvalue weighted by atomic mass is 32.2. The molecular formula is C27H39N3O5S2. The third-order valence-electron chi connectivity index (χ3n) is 9.14. The van der Waals surface area contributed by atoms with Crippen LogP contribution in [0.5, 0.6) is 0 Å². The van der Waals surface area contributed by atoms with Crippen molar-refractivity contribution in [3.63, 3.8) is 0 Å². The highest BCUT2D eigenvalue weighted by Gasteiger charge is 2.59. The van der Waals surface area contributed by atoms with Gasteiger partial charge >= 0.3 is 5.97 Å². The average molecular weight is 550 g/mol. The van der Waals surface area contributed by atoms with E-state index >= 15 is 0 Å². The van der Waals surface area contributed by atoms with Crippen molar-refractivity contribution in [1.29, 1.82) is 0 Å². The summed E-state index contributed by atoms with van der Waals surface area (Å²) >= 11 is 1.59. The van der Waals surface area contributed by atoms with Crippen LogP contribution in [0.3, 0.4) is 0 Å². The summed E-state index contributed by atoms with van der Waals surface area (Å²) in [4.78, 5) is 31.9. The Morgan fingerprint density at radius 1 is 1.22 bits per heavy atom. The molecule has 3 atom stereocenters. The molecule has 2 unspecified atom stereocenters. The van der Waals surface area contributed by atoms with Gasteiger partial charge in [-0.05, 0) is 92.9 Å². The van der Waals surface area contributed by atoms with Crippen molar-refractivity contribution < 1.29 is 23.1 Å². The maximum atomic E-state index is 13.6. The number of nitrogens with one attached hydrogen (secondary N) is 1. The molecule has 2 heterocycles. The fourth-order valence-corrected chi connectivity index (χ4v) is 10.1. The first-order valence-corrected chi connectivity index (χ1v) is 16.6. The van der Waals surface area contributed by atoms with Gasteiger partial charge in [0, 0.05) is 31.8 Å². The van der Waals surface area contributed by atoms with Crippen LogP contribution in [-0.4, -0.2) is 66.3 Å². The van der Waals surface area contributed by atoms with E-state index in [0.29, 0.717) is 35.9 Å². The van der Waals surface area contributed by atoms with Gasteiger partial charge in [0.15, 0.2) is 9.84 Å². The summed E-state index contributed by atoms with van der Waals surface area (Å²) in [7, 11) is -3.13. The van der Waals surface area contributed by atoms with Crippen molar-refractivity contribution >= 4 is 39.3 Å². The van der Waals surface area contributed by atoms with Crippen molar-refractivity contribution in [3.8, 4) is 0 Å². The number of amides is 1. The standard InChI is InChI=1S/C27H39N3O5S2/c1-3-9-36-26-21(6-7-22(28-26)30-8-4-5-17(16-30)12-23(31)32)25(33)29-24-19-10-18-11-20(24)15-27(13-18,14-19)37(2,34)35/h6-7,17-20,24H,3-5,8-16H2,1-2H3,(H,29,33)(H,31,32)/t17-,18?,19?,20?,24-,27+/m0/s1. The Labute approximate surface area is 224 Å². The molecule has 6 rings (SSSR count). The van der Waals surface area contributed by atoms with Gasteiger partial charge in [-0.15, -0.1) is 11.8 Å². The molecule has 4 saturated carbocycles. The van der Waals surface area contributed by atoms with E-state index in [1.54, 1.807) is 11.8 Å². The fourth-order valence-electron chi connectivity index (χ4n) is 7.64. The van der Waals surface area contributed by atoms with E-state index in [9.17, 15) is 23.1 Å². The van der Waals surface area contributed by atoms with E-state index in [-0.39, 0.29) is 36.1 Å². The maximum Gasteiger partial charge on any atom is 0.303 e. The zero-order chi connectivity index (χ0) is 26.4. The number of pyridine rings is 1. The number of hydrogen-bond acceptors (Lipinski definition) is 7. The summed E-state index contributed by atoms with van der Waals surface area (Å²) in [6.07, 6.45) is 8.46. The predicted molar refractivity (Wildman–Crippen MR) is 145 cm³/mol. The van der Waals surface area contributed by atoms with E-state index in [0.717, 1.165) is 56.6 Å². The molecule has 8 nitrogen and oxygen atoms in total. The molecule has 1 aromatic rings. The highest BCUT2D eigenvalue weighted by molar-refractivity contribution is 7.99. The minimum atomic E-state index is -3.13. The number of nitrogens with zero attached hydrogens (tertiary/aromatic N) is 2. The van der Waals surface area contributed by atoms with Gasteiger partial charge in [-0.3, -0.25) is 9.59 Å². The monoisotopic (exact) mass is 549 g/mol. The Morgan fingerprint density at radius 2 is 1.95 bits per heavy atom. The van der Waals surface area contributed by atoms with Gasteiger partial charge in [-0.1, -0.05) is 6.92 Å². The number of sulfone groups is 1. The average Bonchev–Trinajstić information content (AvgIpc) is 2.83. The number of carbonyl (C=O) groups excluding carboxylic acids is 1. The van der Waals surface area contributed by atoms with Crippen LogP contribution < -0.4 is 10.2 Å². The lowest BCUT2D eigenvalue weighted by Gasteiger charge is -2.59. The van der Waals surface area contributed by atoms with Crippen molar-refractivity contribution in [1.82, 2.24) is 10.3 Å². The molecule has 1 amide bonds. The number of aromatic nitrogens is 1. The normalized spacial score (nSPS) is 32.9. The molecule has 0 radical (unpaired) electrons. The lowest BCUT2D eigenvalue weighted by atomic mass is 9.53. The molecule has 0 spiro atoms. The molecule has 4 aliphatic carbocycles. The molecule has 5 aliphatic rings. The third kappa shape index (κ3) is 5.37. The Hall–Kier alpha value is -1.81. The van der Waals surface area contributed by atoms with Crippen LogP contribution in [-0.2, 0) is 14.6 Å². The van der Waals surface area contributed by atoms with Gasteiger partial charge in [-0.2, -0.15) is 0 Å². The molecule has 204 valence electrons. The number of rotatable bonds is 9. The molecule has 4 bridgehead atoms. The Bertz CT molecular complexity index is 1140. The van der Waals surface area contributed by atoms with Gasteiger partial charge in [-0.25, -0.2) is 13.4 Å². The molecule has 2 N–H and O–H groups in total. The van der Waals surface area contributed by atoms with Crippen LogP contribution in [0, 0.1) is 23.7 Å². The molecule has 1 aliphatic heterocycles. The summed E-state index contributed by atoms with van der Waals surface area (Å²) in [6, 6.07) is 3.77. The summed E-state index contributed by atoms with van der Waals surface area (Å²) in [5.74, 6) is 1.75. The van der Waals surface area contributed by atoms with E-state index in [2.05, 4.69) is 17.1 Å². The molecule has 5 fully saturated rings. The van der Waals surface area contributed by atoms with Crippen LogP contribution in [0.25, 0.3) is 0 Å². The molecule has 0 aromatic carbocycles. The molecule has 1 aromatic heterocycles. The second-order valence-electron chi connectivity index (χ2n) is 11.8. The summed E-state index contributed by atoms with van der Waals surface area (Å²) in [6.45, 7) is 3.60. The smallest absolute Gasteiger partial charge is 0.303 e. The van der Waals surface area contributed by atoms with Crippen molar-refractivity contribution in [2.75, 3.05) is 30.0 Å². The van der Waals surface area contributed by atoms with Crippen LogP contribution in [0.1, 0.15) is 75.1 Å². The number of carboxylic acid groups (broad SMARTS) is 1. The van der Waals surface area contributed by atoms with Crippen molar-refractivity contribution in [3.05, 3.63) is 17.7 Å². The molecule has 1 saturated heterocycles. The Morgan fingerprint density at radius 3 is 2.59 bits per heavy atom. The van der Waals surface area contributed by atoms with Gasteiger partial charge in [0.05, 0.1) is 10.3 Å². The largest absolute Gasteiger partial charge is 0.481 e. The molecule has 10 heteroatoms. The number of carbonyl (C=O) groups is 2. The highest BCUT2D eigenvalue weighted by Crippen LogP contribution is 2.58. The van der Waals surface area contributed by atoms with E-state index in [1.807, 2.05) is 12.1 Å². The van der Waals surface area contributed by atoms with Crippen molar-refractivity contribution in [2.24, 2.45) is 23.7 Å². The number of thioether (sulfide) groups is 1. The first-order valence-electron chi connectivity index (χ1n) is 13.7.